The smallest absolute Gasteiger partial charge is 0.273 e. The van der Waals surface area contributed by atoms with Crippen LogP contribution in [0, 0.1) is 0 Å². The van der Waals surface area contributed by atoms with Gasteiger partial charge in [0.2, 0.25) is 0 Å². The number of nitrogens with one attached hydrogen (secondary N) is 2. The molecule has 2 aromatic heterocycles. The van der Waals surface area contributed by atoms with Crippen molar-refractivity contribution in [2.24, 2.45) is 0 Å². The van der Waals surface area contributed by atoms with Gasteiger partial charge in [-0.3, -0.25) is 14.6 Å². The van der Waals surface area contributed by atoms with Gasteiger partial charge in [0.05, 0.1) is 37.3 Å². The summed E-state index contributed by atoms with van der Waals surface area (Å²) >= 11 is 0. The van der Waals surface area contributed by atoms with Gasteiger partial charge in [0.15, 0.2) is 0 Å². The van der Waals surface area contributed by atoms with E-state index in [1.807, 2.05) is 30.5 Å². The Morgan fingerprint density at radius 3 is 3.11 bits per heavy atom. The fourth-order valence-electron chi connectivity index (χ4n) is 3.32. The van der Waals surface area contributed by atoms with E-state index in [1.165, 1.54) is 6.42 Å². The van der Waals surface area contributed by atoms with E-state index in [4.69, 9.17) is 9.47 Å². The summed E-state index contributed by atoms with van der Waals surface area (Å²) in [6, 6.07) is 9.24. The number of carbonyl (C=O) groups excluding carboxylic acids is 1. The number of amides is 1. The van der Waals surface area contributed by atoms with Crippen LogP contribution in [0.15, 0.2) is 42.7 Å². The number of aromatic nitrogens is 4. The molecule has 8 nitrogen and oxygen atoms in total. The van der Waals surface area contributed by atoms with Gasteiger partial charge in [-0.05, 0) is 37.5 Å². The van der Waals surface area contributed by atoms with Crippen molar-refractivity contribution < 1.29 is 14.3 Å². The van der Waals surface area contributed by atoms with Crippen molar-refractivity contribution in [2.75, 3.05) is 19.0 Å². The maximum atomic E-state index is 12.5. The van der Waals surface area contributed by atoms with Crippen molar-refractivity contribution >= 4 is 11.6 Å². The standard InChI is InChI=1S/C20H23N5O3/c1-27-19-8-3-2-7-16(19)17-10-18(24-23-17)20(26)22-14-11-21-25(12-14)13-15-6-4-5-9-28-15/h2-3,7-8,10-12,15H,4-6,9,13H2,1H3,(H,22,26)(H,23,24)/t15-/m0/s1. The molecule has 3 heterocycles. The van der Waals surface area contributed by atoms with Crippen LogP contribution in [-0.4, -0.2) is 45.7 Å². The number of nitrogens with zero attached hydrogens (tertiary/aromatic N) is 3. The van der Waals surface area contributed by atoms with E-state index >= 15 is 0 Å². The van der Waals surface area contributed by atoms with Crippen molar-refractivity contribution in [3.63, 3.8) is 0 Å². The van der Waals surface area contributed by atoms with Crippen LogP contribution in [0.5, 0.6) is 5.75 Å². The minimum atomic E-state index is -0.276. The average molecular weight is 381 g/mol. The van der Waals surface area contributed by atoms with Crippen LogP contribution < -0.4 is 10.1 Å². The van der Waals surface area contributed by atoms with Gasteiger partial charge >= 0.3 is 0 Å². The molecule has 8 heteroatoms. The SMILES string of the molecule is COc1ccccc1-c1cc(C(=O)Nc2cnn(C[C@@H]3CCCCO3)c2)[nH]n1. The first-order valence-electron chi connectivity index (χ1n) is 9.37. The Hall–Kier alpha value is -3.13. The minimum absolute atomic E-state index is 0.188. The van der Waals surface area contributed by atoms with Crippen LogP contribution in [0.1, 0.15) is 29.8 Å². The highest BCUT2D eigenvalue weighted by Crippen LogP contribution is 2.28. The van der Waals surface area contributed by atoms with Gasteiger partial charge < -0.3 is 14.8 Å². The number of aromatic amines is 1. The van der Waals surface area contributed by atoms with E-state index < -0.39 is 0 Å². The molecular weight excluding hydrogens is 358 g/mol. The number of benzene rings is 1. The third kappa shape index (κ3) is 4.07. The zero-order chi connectivity index (χ0) is 19.3. The molecule has 146 valence electrons. The summed E-state index contributed by atoms with van der Waals surface area (Å²) < 4.78 is 12.9. The van der Waals surface area contributed by atoms with Gasteiger partial charge in [-0.1, -0.05) is 12.1 Å². The Labute approximate surface area is 162 Å². The normalized spacial score (nSPS) is 16.7. The molecule has 1 aliphatic rings. The molecule has 1 atom stereocenters. The van der Waals surface area contributed by atoms with Crippen molar-refractivity contribution in [1.29, 1.82) is 0 Å². The topological polar surface area (TPSA) is 94.1 Å². The molecule has 0 bridgehead atoms. The molecule has 1 amide bonds. The van der Waals surface area contributed by atoms with Gasteiger partial charge in [0.1, 0.15) is 11.4 Å². The van der Waals surface area contributed by atoms with Crippen LogP contribution in [0.4, 0.5) is 5.69 Å². The number of hydrogen-bond acceptors (Lipinski definition) is 5. The Morgan fingerprint density at radius 2 is 2.29 bits per heavy atom. The number of para-hydroxylation sites is 1. The lowest BCUT2D eigenvalue weighted by Crippen LogP contribution is -2.24. The van der Waals surface area contributed by atoms with Crippen molar-refractivity contribution in [2.45, 2.75) is 31.9 Å². The number of hydrogen-bond donors (Lipinski definition) is 2. The lowest BCUT2D eigenvalue weighted by Gasteiger charge is -2.22. The van der Waals surface area contributed by atoms with E-state index in [2.05, 4.69) is 20.6 Å². The van der Waals surface area contributed by atoms with Crippen LogP contribution >= 0.6 is 0 Å². The summed E-state index contributed by atoms with van der Waals surface area (Å²) in [7, 11) is 1.61. The average Bonchev–Trinajstić information content (AvgIpc) is 3.38. The molecular formula is C20H23N5O3. The largest absolute Gasteiger partial charge is 0.496 e. The highest BCUT2D eigenvalue weighted by molar-refractivity contribution is 6.03. The fraction of sp³-hybridized carbons (Fsp3) is 0.350. The number of H-pyrrole nitrogens is 1. The third-order valence-corrected chi connectivity index (χ3v) is 4.76. The van der Waals surface area contributed by atoms with E-state index in [9.17, 15) is 4.79 Å². The second kappa shape index (κ2) is 8.26. The number of ether oxygens (including phenoxy) is 2. The van der Waals surface area contributed by atoms with Crippen LogP contribution in [0.3, 0.4) is 0 Å². The molecule has 0 radical (unpaired) electrons. The van der Waals surface area contributed by atoms with Crippen molar-refractivity contribution in [3.05, 3.63) is 48.4 Å². The molecule has 4 rings (SSSR count). The van der Waals surface area contributed by atoms with Crippen LogP contribution in [0.25, 0.3) is 11.3 Å². The molecule has 1 aromatic carbocycles. The summed E-state index contributed by atoms with van der Waals surface area (Å²) in [6.45, 7) is 1.50. The molecule has 0 aliphatic carbocycles. The molecule has 0 spiro atoms. The second-order valence-corrected chi connectivity index (χ2v) is 6.76. The van der Waals surface area contributed by atoms with Gasteiger partial charge in [0, 0.05) is 18.4 Å². The molecule has 1 saturated heterocycles. The number of rotatable bonds is 6. The number of methoxy groups -OCH3 is 1. The van der Waals surface area contributed by atoms with Crippen LogP contribution in [-0.2, 0) is 11.3 Å². The quantitative estimate of drug-likeness (QED) is 0.684. The molecule has 1 fully saturated rings. The minimum Gasteiger partial charge on any atom is -0.496 e. The Bertz CT molecular complexity index is 943. The summed E-state index contributed by atoms with van der Waals surface area (Å²) in [6.07, 6.45) is 6.99. The van der Waals surface area contributed by atoms with Gasteiger partial charge in [-0.15, -0.1) is 0 Å². The van der Waals surface area contributed by atoms with E-state index in [0.29, 0.717) is 29.4 Å². The van der Waals surface area contributed by atoms with Gasteiger partial charge in [0.25, 0.3) is 5.91 Å². The van der Waals surface area contributed by atoms with Crippen molar-refractivity contribution in [3.8, 4) is 17.0 Å². The zero-order valence-corrected chi connectivity index (χ0v) is 15.7. The molecule has 1 aliphatic heterocycles. The first kappa shape index (κ1) is 18.2. The molecule has 0 unspecified atom stereocenters. The predicted molar refractivity (Wildman–Crippen MR) is 104 cm³/mol. The maximum Gasteiger partial charge on any atom is 0.273 e. The molecule has 2 N–H and O–H groups in total. The summed E-state index contributed by atoms with van der Waals surface area (Å²) in [5, 5.41) is 14.2. The summed E-state index contributed by atoms with van der Waals surface area (Å²) in [5.74, 6) is 0.425. The Kier molecular flexibility index (Phi) is 5.38. The van der Waals surface area contributed by atoms with E-state index in [0.717, 1.165) is 25.0 Å². The summed E-state index contributed by atoms with van der Waals surface area (Å²) in [4.78, 5) is 12.5. The monoisotopic (exact) mass is 381 g/mol. The lowest BCUT2D eigenvalue weighted by atomic mass is 10.1. The fourth-order valence-corrected chi connectivity index (χ4v) is 3.32. The Balaban J connectivity index is 1.41. The Morgan fingerprint density at radius 1 is 1.39 bits per heavy atom. The van der Waals surface area contributed by atoms with E-state index in [-0.39, 0.29) is 12.0 Å². The van der Waals surface area contributed by atoms with Crippen molar-refractivity contribution in [1.82, 2.24) is 20.0 Å². The van der Waals surface area contributed by atoms with E-state index in [1.54, 1.807) is 24.1 Å². The molecule has 0 saturated carbocycles. The summed E-state index contributed by atoms with van der Waals surface area (Å²) in [5.41, 5.74) is 2.46. The highest BCUT2D eigenvalue weighted by atomic mass is 16.5. The third-order valence-electron chi connectivity index (χ3n) is 4.76. The maximum absolute atomic E-state index is 12.5. The van der Waals surface area contributed by atoms with Gasteiger partial charge in [-0.25, -0.2) is 0 Å². The predicted octanol–water partition coefficient (Wildman–Crippen LogP) is 3.10. The van der Waals surface area contributed by atoms with Crippen LogP contribution in [0.2, 0.25) is 0 Å². The van der Waals surface area contributed by atoms with Gasteiger partial charge in [-0.2, -0.15) is 10.2 Å². The lowest BCUT2D eigenvalue weighted by molar-refractivity contribution is 0.00400. The first-order chi connectivity index (χ1) is 13.7. The number of anilines is 1. The molecule has 28 heavy (non-hydrogen) atoms. The number of carbonyl (C=O) groups is 1. The zero-order valence-electron chi connectivity index (χ0n) is 15.7. The first-order valence-corrected chi connectivity index (χ1v) is 9.37. The highest BCUT2D eigenvalue weighted by Gasteiger charge is 2.17. The second-order valence-electron chi connectivity index (χ2n) is 6.76. The molecule has 3 aromatic rings.